The third-order valence-corrected chi connectivity index (χ3v) is 3.85. The largest absolute Gasteiger partial charge is 0.389 e. The smallest absolute Gasteiger partial charge is 0.216 e. The maximum Gasteiger partial charge on any atom is 0.216 e. The van der Waals surface area contributed by atoms with Crippen molar-refractivity contribution in [1.29, 1.82) is 0 Å². The van der Waals surface area contributed by atoms with Gasteiger partial charge in [-0.3, -0.25) is 4.79 Å². The monoisotopic (exact) mass is 292 g/mol. The normalized spacial score (nSPS) is 15.9. The van der Waals surface area contributed by atoms with Gasteiger partial charge in [-0.25, -0.2) is 4.98 Å². The Morgan fingerprint density at radius 1 is 1.50 bits per heavy atom. The number of pyridine rings is 1. The fourth-order valence-electron chi connectivity index (χ4n) is 2.37. The number of anilines is 1. The molecule has 1 aromatic heterocycles. The molecule has 0 saturated carbocycles. The van der Waals surface area contributed by atoms with Crippen molar-refractivity contribution in [2.45, 2.75) is 19.8 Å². The number of aromatic nitrogens is 1. The van der Waals surface area contributed by atoms with E-state index in [1.165, 1.54) is 0 Å². The van der Waals surface area contributed by atoms with E-state index >= 15 is 0 Å². The predicted octanol–water partition coefficient (Wildman–Crippen LogP) is 1.07. The molecule has 0 unspecified atom stereocenters. The van der Waals surface area contributed by atoms with E-state index in [2.05, 4.69) is 15.2 Å². The van der Waals surface area contributed by atoms with Crippen LogP contribution in [0.2, 0.25) is 0 Å². The number of carbonyl (C=O) groups is 1. The molecule has 0 bridgehead atoms. The number of hydrogen-bond donors (Lipinski definition) is 2. The lowest BCUT2D eigenvalue weighted by Crippen LogP contribution is -2.38. The number of hydrogen-bond acceptors (Lipinski definition) is 4. The lowest BCUT2D eigenvalue weighted by molar-refractivity contribution is -0.119. The minimum atomic E-state index is 0.0439. The molecule has 0 aliphatic carbocycles. The van der Waals surface area contributed by atoms with Crippen molar-refractivity contribution in [3.8, 4) is 0 Å². The van der Waals surface area contributed by atoms with Crippen LogP contribution in [0.5, 0.6) is 0 Å². The Bertz CT molecular complexity index is 480. The van der Waals surface area contributed by atoms with Crippen LogP contribution in [0.25, 0.3) is 0 Å². The van der Waals surface area contributed by atoms with E-state index in [1.807, 2.05) is 12.1 Å². The topological polar surface area (TPSA) is 71.2 Å². The summed E-state index contributed by atoms with van der Waals surface area (Å²) in [7, 11) is 0. The van der Waals surface area contributed by atoms with Crippen LogP contribution in [0, 0.1) is 5.92 Å². The summed E-state index contributed by atoms with van der Waals surface area (Å²) in [6, 6.07) is 3.87. The first-order valence-corrected chi connectivity index (χ1v) is 7.22. The molecule has 2 heterocycles. The molecular formula is C14H20N4OS. The Morgan fingerprint density at radius 3 is 2.70 bits per heavy atom. The second-order valence-corrected chi connectivity index (χ2v) is 5.58. The Balaban J connectivity index is 1.87. The highest BCUT2D eigenvalue weighted by atomic mass is 32.1. The number of nitrogens with two attached hydrogens (primary N) is 1. The molecule has 1 aliphatic rings. The fraction of sp³-hybridized carbons (Fsp3) is 0.500. The van der Waals surface area contributed by atoms with E-state index < -0.39 is 0 Å². The van der Waals surface area contributed by atoms with Gasteiger partial charge in [-0.2, -0.15) is 0 Å². The highest BCUT2D eigenvalue weighted by Gasteiger charge is 2.20. The van der Waals surface area contributed by atoms with Crippen LogP contribution < -0.4 is 16.0 Å². The predicted molar refractivity (Wildman–Crippen MR) is 83.7 cm³/mol. The number of nitrogens with one attached hydrogen (secondary N) is 1. The Hall–Kier alpha value is -1.69. The summed E-state index contributed by atoms with van der Waals surface area (Å²) in [5, 5.41) is 2.89. The molecule has 108 valence electrons. The zero-order chi connectivity index (χ0) is 14.5. The molecule has 5 nitrogen and oxygen atoms in total. The van der Waals surface area contributed by atoms with Crippen LogP contribution >= 0.6 is 12.2 Å². The van der Waals surface area contributed by atoms with Crippen molar-refractivity contribution < 1.29 is 4.79 Å². The maximum absolute atomic E-state index is 10.9. The Morgan fingerprint density at radius 2 is 2.20 bits per heavy atom. The Labute approximate surface area is 124 Å². The first kappa shape index (κ1) is 14.7. The molecule has 1 fully saturated rings. The molecule has 0 radical (unpaired) electrons. The molecule has 0 spiro atoms. The number of nitrogens with zero attached hydrogens (tertiary/aromatic N) is 2. The number of rotatable bonds is 4. The van der Waals surface area contributed by atoms with Gasteiger partial charge in [0.15, 0.2) is 0 Å². The lowest BCUT2D eigenvalue weighted by atomic mass is 9.97. The SMILES string of the molecule is CC(=O)NCC1CCN(c2ccc(C(N)=S)cn2)CC1. The molecule has 1 aromatic rings. The minimum Gasteiger partial charge on any atom is -0.389 e. The van der Waals surface area contributed by atoms with Gasteiger partial charge in [-0.1, -0.05) is 12.2 Å². The van der Waals surface area contributed by atoms with Crippen molar-refractivity contribution in [2.24, 2.45) is 11.7 Å². The second-order valence-electron chi connectivity index (χ2n) is 5.14. The molecule has 3 N–H and O–H groups in total. The third kappa shape index (κ3) is 3.90. The van der Waals surface area contributed by atoms with E-state index in [1.54, 1.807) is 13.1 Å². The van der Waals surface area contributed by atoms with Gasteiger partial charge >= 0.3 is 0 Å². The molecule has 2 rings (SSSR count). The minimum absolute atomic E-state index is 0.0439. The van der Waals surface area contributed by atoms with Crippen molar-refractivity contribution >= 4 is 28.9 Å². The summed E-state index contributed by atoms with van der Waals surface area (Å²) in [6.07, 6.45) is 3.86. The highest BCUT2D eigenvalue weighted by molar-refractivity contribution is 7.80. The molecular weight excluding hydrogens is 272 g/mol. The summed E-state index contributed by atoms with van der Waals surface area (Å²) in [5.41, 5.74) is 6.36. The van der Waals surface area contributed by atoms with E-state index in [9.17, 15) is 4.79 Å². The average molecular weight is 292 g/mol. The van der Waals surface area contributed by atoms with E-state index in [-0.39, 0.29) is 5.91 Å². The average Bonchev–Trinajstić information content (AvgIpc) is 2.46. The third-order valence-electron chi connectivity index (χ3n) is 3.61. The molecule has 0 aromatic carbocycles. The zero-order valence-corrected chi connectivity index (χ0v) is 12.4. The zero-order valence-electron chi connectivity index (χ0n) is 11.6. The highest BCUT2D eigenvalue weighted by Crippen LogP contribution is 2.21. The summed E-state index contributed by atoms with van der Waals surface area (Å²) in [5.74, 6) is 1.57. The quantitative estimate of drug-likeness (QED) is 0.812. The van der Waals surface area contributed by atoms with E-state index in [0.29, 0.717) is 10.9 Å². The molecule has 1 amide bonds. The molecule has 6 heteroatoms. The van der Waals surface area contributed by atoms with Gasteiger partial charge < -0.3 is 16.0 Å². The van der Waals surface area contributed by atoms with Gasteiger partial charge in [0.2, 0.25) is 5.91 Å². The van der Waals surface area contributed by atoms with Gasteiger partial charge in [-0.05, 0) is 30.9 Å². The summed E-state index contributed by atoms with van der Waals surface area (Å²) in [4.78, 5) is 17.9. The first-order chi connectivity index (χ1) is 9.56. The van der Waals surface area contributed by atoms with Gasteiger partial charge in [-0.15, -0.1) is 0 Å². The molecule has 20 heavy (non-hydrogen) atoms. The lowest BCUT2D eigenvalue weighted by Gasteiger charge is -2.32. The summed E-state index contributed by atoms with van der Waals surface area (Å²) < 4.78 is 0. The molecule has 1 aliphatic heterocycles. The van der Waals surface area contributed by atoms with Crippen LogP contribution in [0.3, 0.4) is 0 Å². The van der Waals surface area contributed by atoms with Crippen LogP contribution in [0.1, 0.15) is 25.3 Å². The van der Waals surface area contributed by atoms with Crippen LogP contribution in [-0.4, -0.2) is 35.5 Å². The first-order valence-electron chi connectivity index (χ1n) is 6.81. The van der Waals surface area contributed by atoms with Gasteiger partial charge in [0, 0.05) is 38.3 Å². The standard InChI is InChI=1S/C14H20N4OS/c1-10(19)16-8-11-4-6-18(7-5-11)13-3-2-12(9-17-13)14(15)20/h2-3,9,11H,4-8H2,1H3,(H2,15,20)(H,16,19). The Kier molecular flexibility index (Phi) is 4.89. The van der Waals surface area contributed by atoms with Crippen molar-refractivity contribution in [1.82, 2.24) is 10.3 Å². The number of amides is 1. The molecule has 1 saturated heterocycles. The summed E-state index contributed by atoms with van der Waals surface area (Å²) in [6.45, 7) is 4.26. The van der Waals surface area contributed by atoms with Gasteiger partial charge in [0.25, 0.3) is 0 Å². The van der Waals surface area contributed by atoms with Crippen LogP contribution in [0.4, 0.5) is 5.82 Å². The van der Waals surface area contributed by atoms with Crippen LogP contribution in [0.15, 0.2) is 18.3 Å². The van der Waals surface area contributed by atoms with Crippen molar-refractivity contribution in [3.63, 3.8) is 0 Å². The van der Waals surface area contributed by atoms with Crippen LogP contribution in [-0.2, 0) is 4.79 Å². The van der Waals surface area contributed by atoms with Crippen molar-refractivity contribution in [2.75, 3.05) is 24.5 Å². The number of piperidine rings is 1. The molecule has 0 atom stereocenters. The van der Waals surface area contributed by atoms with E-state index in [4.69, 9.17) is 18.0 Å². The second kappa shape index (κ2) is 6.65. The van der Waals surface area contributed by atoms with E-state index in [0.717, 1.165) is 43.9 Å². The van der Waals surface area contributed by atoms with Crippen molar-refractivity contribution in [3.05, 3.63) is 23.9 Å². The maximum atomic E-state index is 10.9. The summed E-state index contributed by atoms with van der Waals surface area (Å²) >= 11 is 4.92. The van der Waals surface area contributed by atoms with Gasteiger partial charge in [0.05, 0.1) is 0 Å². The fourth-order valence-corrected chi connectivity index (χ4v) is 2.49. The van der Waals surface area contributed by atoms with Gasteiger partial charge in [0.1, 0.15) is 10.8 Å². The number of carbonyl (C=O) groups excluding carboxylic acids is 1. The number of thiocarbonyl (C=S) groups is 1.